The molecule has 1 aromatic heterocycles. The van der Waals surface area contributed by atoms with Gasteiger partial charge in [-0.15, -0.1) is 0 Å². The van der Waals surface area contributed by atoms with Crippen LogP contribution in [0.2, 0.25) is 5.15 Å². The van der Waals surface area contributed by atoms with Crippen molar-refractivity contribution in [3.05, 3.63) is 44.2 Å². The van der Waals surface area contributed by atoms with Gasteiger partial charge < -0.3 is 5.32 Å². The molecule has 2 aromatic rings. The van der Waals surface area contributed by atoms with Gasteiger partial charge in [0.25, 0.3) is 0 Å². The molecular formula is C13H12Br2ClN3. The maximum Gasteiger partial charge on any atom is 0.138 e. The molecule has 0 aliphatic rings. The van der Waals surface area contributed by atoms with Crippen LogP contribution < -0.4 is 5.32 Å². The molecule has 0 atom stereocenters. The normalized spacial score (nSPS) is 10.5. The highest BCUT2D eigenvalue weighted by molar-refractivity contribution is 9.11. The van der Waals surface area contributed by atoms with E-state index in [1.807, 2.05) is 18.2 Å². The van der Waals surface area contributed by atoms with Crippen LogP contribution in [0.25, 0.3) is 0 Å². The van der Waals surface area contributed by atoms with Crippen molar-refractivity contribution in [1.29, 1.82) is 0 Å². The number of halogens is 3. The summed E-state index contributed by atoms with van der Waals surface area (Å²) in [4.78, 5) is 8.31. The van der Waals surface area contributed by atoms with E-state index in [0.717, 1.165) is 38.9 Å². The monoisotopic (exact) mass is 403 g/mol. The second kappa shape index (κ2) is 6.68. The first kappa shape index (κ1) is 14.8. The van der Waals surface area contributed by atoms with Gasteiger partial charge >= 0.3 is 0 Å². The van der Waals surface area contributed by atoms with Gasteiger partial charge in [-0.1, -0.05) is 40.9 Å². The third kappa shape index (κ3) is 3.68. The van der Waals surface area contributed by atoms with Gasteiger partial charge in [-0.25, -0.2) is 9.97 Å². The zero-order chi connectivity index (χ0) is 13.8. The molecule has 0 fully saturated rings. The van der Waals surface area contributed by atoms with E-state index in [1.165, 1.54) is 6.33 Å². The molecule has 0 spiro atoms. The van der Waals surface area contributed by atoms with Crippen molar-refractivity contribution in [2.24, 2.45) is 0 Å². The number of nitrogens with zero attached hydrogens (tertiary/aromatic N) is 2. The number of rotatable bonds is 4. The van der Waals surface area contributed by atoms with E-state index in [2.05, 4.69) is 54.1 Å². The van der Waals surface area contributed by atoms with Gasteiger partial charge in [0.1, 0.15) is 17.3 Å². The molecule has 1 heterocycles. The van der Waals surface area contributed by atoms with Gasteiger partial charge in [0, 0.05) is 14.5 Å². The number of aromatic nitrogens is 2. The molecule has 19 heavy (non-hydrogen) atoms. The Morgan fingerprint density at radius 3 is 2.79 bits per heavy atom. The quantitative estimate of drug-likeness (QED) is 0.697. The van der Waals surface area contributed by atoms with Crippen molar-refractivity contribution in [2.75, 3.05) is 5.32 Å². The lowest BCUT2D eigenvalue weighted by Gasteiger charge is -2.12. The van der Waals surface area contributed by atoms with Crippen LogP contribution in [-0.4, -0.2) is 9.97 Å². The zero-order valence-electron chi connectivity index (χ0n) is 10.3. The molecule has 2 rings (SSSR count). The Labute approximate surface area is 134 Å². The predicted molar refractivity (Wildman–Crippen MR) is 86.2 cm³/mol. The van der Waals surface area contributed by atoms with Crippen LogP contribution in [0.15, 0.2) is 33.5 Å². The summed E-state index contributed by atoms with van der Waals surface area (Å²) >= 11 is 13.1. The molecule has 0 unspecified atom stereocenters. The second-order valence-corrected chi connectivity index (χ2v) is 6.12. The Hall–Kier alpha value is -0.650. The average Bonchev–Trinajstić information content (AvgIpc) is 2.38. The smallest absolute Gasteiger partial charge is 0.138 e. The number of anilines is 2. The highest BCUT2D eigenvalue weighted by Gasteiger charge is 2.10. The SMILES string of the molecule is CCCc1c(Cl)ncnc1Nc1cc(Br)ccc1Br. The molecule has 3 nitrogen and oxygen atoms in total. The zero-order valence-corrected chi connectivity index (χ0v) is 14.2. The average molecular weight is 406 g/mol. The minimum absolute atomic E-state index is 0.505. The summed E-state index contributed by atoms with van der Waals surface area (Å²) < 4.78 is 1.96. The van der Waals surface area contributed by atoms with Gasteiger partial charge in [-0.05, 0) is 40.5 Å². The van der Waals surface area contributed by atoms with Gasteiger partial charge in [0.2, 0.25) is 0 Å². The number of hydrogen-bond acceptors (Lipinski definition) is 3. The molecule has 1 N–H and O–H groups in total. The van der Waals surface area contributed by atoms with Gasteiger partial charge in [0.05, 0.1) is 5.69 Å². The number of benzene rings is 1. The van der Waals surface area contributed by atoms with Gasteiger partial charge in [0.15, 0.2) is 0 Å². The molecule has 100 valence electrons. The fourth-order valence-electron chi connectivity index (χ4n) is 1.69. The van der Waals surface area contributed by atoms with E-state index in [-0.39, 0.29) is 0 Å². The lowest BCUT2D eigenvalue weighted by molar-refractivity contribution is 0.904. The van der Waals surface area contributed by atoms with Crippen LogP contribution in [0.3, 0.4) is 0 Å². The molecule has 0 saturated carbocycles. The molecule has 6 heteroatoms. The van der Waals surface area contributed by atoms with Crippen LogP contribution in [0.4, 0.5) is 11.5 Å². The van der Waals surface area contributed by atoms with Crippen LogP contribution in [0.5, 0.6) is 0 Å². The summed E-state index contributed by atoms with van der Waals surface area (Å²) in [6.45, 7) is 2.10. The van der Waals surface area contributed by atoms with E-state index < -0.39 is 0 Å². The van der Waals surface area contributed by atoms with E-state index in [1.54, 1.807) is 0 Å². The highest BCUT2D eigenvalue weighted by atomic mass is 79.9. The lowest BCUT2D eigenvalue weighted by Crippen LogP contribution is -2.02. The molecule has 0 aliphatic heterocycles. The summed E-state index contributed by atoms with van der Waals surface area (Å²) in [6, 6.07) is 5.92. The van der Waals surface area contributed by atoms with Gasteiger partial charge in [-0.2, -0.15) is 0 Å². The predicted octanol–water partition coefficient (Wildman–Crippen LogP) is 5.35. The van der Waals surface area contributed by atoms with Crippen molar-refractivity contribution >= 4 is 55.0 Å². The van der Waals surface area contributed by atoms with Crippen molar-refractivity contribution < 1.29 is 0 Å². The Morgan fingerprint density at radius 2 is 2.05 bits per heavy atom. The first-order valence-corrected chi connectivity index (χ1v) is 7.79. The van der Waals surface area contributed by atoms with Gasteiger partial charge in [-0.3, -0.25) is 0 Å². The fourth-order valence-corrected chi connectivity index (χ4v) is 2.63. The molecule has 0 radical (unpaired) electrons. The number of nitrogens with one attached hydrogen (secondary N) is 1. The standard InChI is InChI=1S/C13H12Br2ClN3/c1-2-3-9-12(16)17-7-18-13(9)19-11-6-8(14)4-5-10(11)15/h4-7H,2-3H2,1H3,(H,17,18,19). The molecule has 0 saturated heterocycles. The molecular weight excluding hydrogens is 393 g/mol. The minimum Gasteiger partial charge on any atom is -0.339 e. The highest BCUT2D eigenvalue weighted by Crippen LogP contribution is 2.31. The van der Waals surface area contributed by atoms with Crippen molar-refractivity contribution in [3.63, 3.8) is 0 Å². The summed E-state index contributed by atoms with van der Waals surface area (Å²) in [5.74, 6) is 0.751. The van der Waals surface area contributed by atoms with E-state index in [0.29, 0.717) is 5.15 Å². The minimum atomic E-state index is 0.505. The summed E-state index contributed by atoms with van der Waals surface area (Å²) in [5, 5.41) is 3.80. The Kier molecular flexibility index (Phi) is 5.19. The van der Waals surface area contributed by atoms with Crippen LogP contribution in [0, 0.1) is 0 Å². The summed E-state index contributed by atoms with van der Waals surface area (Å²) in [7, 11) is 0. The molecule has 0 aliphatic carbocycles. The first-order chi connectivity index (χ1) is 9.11. The largest absolute Gasteiger partial charge is 0.339 e. The van der Waals surface area contributed by atoms with E-state index >= 15 is 0 Å². The van der Waals surface area contributed by atoms with Crippen molar-refractivity contribution in [2.45, 2.75) is 19.8 Å². The Balaban J connectivity index is 2.37. The van der Waals surface area contributed by atoms with Crippen molar-refractivity contribution in [3.8, 4) is 0 Å². The topological polar surface area (TPSA) is 37.8 Å². The van der Waals surface area contributed by atoms with Crippen LogP contribution >= 0.6 is 43.5 Å². The van der Waals surface area contributed by atoms with Crippen molar-refractivity contribution in [1.82, 2.24) is 9.97 Å². The molecule has 0 amide bonds. The Bertz CT molecular complexity index is 590. The van der Waals surface area contributed by atoms with Crippen LogP contribution in [0.1, 0.15) is 18.9 Å². The number of hydrogen-bond donors (Lipinski definition) is 1. The Morgan fingerprint density at radius 1 is 1.26 bits per heavy atom. The van der Waals surface area contributed by atoms with E-state index in [9.17, 15) is 0 Å². The summed E-state index contributed by atoms with van der Waals surface area (Å²) in [6.07, 6.45) is 3.30. The lowest BCUT2D eigenvalue weighted by atomic mass is 10.2. The van der Waals surface area contributed by atoms with Crippen LogP contribution in [-0.2, 0) is 6.42 Å². The fraction of sp³-hybridized carbons (Fsp3) is 0.231. The maximum absolute atomic E-state index is 6.13. The molecule has 1 aromatic carbocycles. The maximum atomic E-state index is 6.13. The summed E-state index contributed by atoms with van der Waals surface area (Å²) in [5.41, 5.74) is 1.88. The van der Waals surface area contributed by atoms with E-state index in [4.69, 9.17) is 11.6 Å². The molecule has 0 bridgehead atoms. The third-order valence-corrected chi connectivity index (χ3v) is 4.08. The second-order valence-electron chi connectivity index (χ2n) is 3.99. The first-order valence-electron chi connectivity index (χ1n) is 5.83. The third-order valence-electron chi connectivity index (χ3n) is 2.57.